The van der Waals surface area contributed by atoms with Gasteiger partial charge >= 0.3 is 6.03 Å². The van der Waals surface area contributed by atoms with Gasteiger partial charge in [-0.05, 0) is 35.7 Å². The summed E-state index contributed by atoms with van der Waals surface area (Å²) in [5.41, 5.74) is 1.82. The van der Waals surface area contributed by atoms with Crippen molar-refractivity contribution in [1.82, 2.24) is 0 Å². The van der Waals surface area contributed by atoms with Crippen LogP contribution in [0.1, 0.15) is 0 Å². The average Bonchev–Trinajstić information content (AvgIpc) is 2.82. The molecule has 0 unspecified atom stereocenters. The van der Waals surface area contributed by atoms with Crippen LogP contribution in [0.25, 0.3) is 0 Å². The normalized spacial score (nSPS) is 9.89. The molecule has 2 rings (SSSR count). The van der Waals surface area contributed by atoms with Crippen LogP contribution >= 0.6 is 11.3 Å². The summed E-state index contributed by atoms with van der Waals surface area (Å²) in [6, 6.07) is 11.2. The zero-order valence-corrected chi connectivity index (χ0v) is 11.1. The molecular formula is C13H15N3OS. The molecule has 2 aromatic rings. The van der Waals surface area contributed by atoms with Crippen LogP contribution in [0.2, 0.25) is 0 Å². The van der Waals surface area contributed by atoms with Gasteiger partial charge in [0, 0.05) is 25.5 Å². The molecule has 0 spiro atoms. The van der Waals surface area contributed by atoms with Crippen LogP contribution in [-0.2, 0) is 0 Å². The number of anilines is 3. The second kappa shape index (κ2) is 5.55. The second-order valence-corrected chi connectivity index (χ2v) is 4.95. The summed E-state index contributed by atoms with van der Waals surface area (Å²) in [4.78, 5) is 13.7. The lowest BCUT2D eigenvalue weighted by Crippen LogP contribution is -2.19. The zero-order valence-electron chi connectivity index (χ0n) is 10.3. The van der Waals surface area contributed by atoms with Crippen LogP contribution < -0.4 is 15.5 Å². The molecule has 0 atom stereocenters. The smallest absolute Gasteiger partial charge is 0.324 e. The topological polar surface area (TPSA) is 44.4 Å². The number of nitrogens with zero attached hydrogens (tertiary/aromatic N) is 1. The van der Waals surface area contributed by atoms with E-state index in [0.29, 0.717) is 0 Å². The third kappa shape index (κ3) is 3.24. The van der Waals surface area contributed by atoms with Gasteiger partial charge in [0.05, 0.1) is 5.00 Å². The van der Waals surface area contributed by atoms with Crippen LogP contribution in [0.15, 0.2) is 41.8 Å². The monoisotopic (exact) mass is 261 g/mol. The van der Waals surface area contributed by atoms with E-state index in [0.717, 1.165) is 16.4 Å². The number of hydrogen-bond donors (Lipinski definition) is 2. The lowest BCUT2D eigenvalue weighted by atomic mass is 10.2. The number of urea groups is 1. The summed E-state index contributed by atoms with van der Waals surface area (Å²) in [6.45, 7) is 0. The summed E-state index contributed by atoms with van der Waals surface area (Å²) < 4.78 is 0. The quantitative estimate of drug-likeness (QED) is 0.888. The number of amides is 2. The third-order valence-electron chi connectivity index (χ3n) is 2.38. The molecule has 0 aliphatic carbocycles. The fourth-order valence-electron chi connectivity index (χ4n) is 1.49. The van der Waals surface area contributed by atoms with Crippen molar-refractivity contribution < 1.29 is 4.79 Å². The Balaban J connectivity index is 2.00. The van der Waals surface area contributed by atoms with E-state index in [4.69, 9.17) is 0 Å². The van der Waals surface area contributed by atoms with Crippen LogP contribution in [0.3, 0.4) is 0 Å². The first-order valence-corrected chi connectivity index (χ1v) is 6.42. The molecule has 1 heterocycles. The minimum Gasteiger partial charge on any atom is -0.378 e. The Morgan fingerprint density at radius 2 is 2.00 bits per heavy atom. The molecule has 5 heteroatoms. The fraction of sp³-hybridized carbons (Fsp3) is 0.154. The predicted octanol–water partition coefficient (Wildman–Crippen LogP) is 3.46. The highest BCUT2D eigenvalue weighted by Gasteiger charge is 2.04. The predicted molar refractivity (Wildman–Crippen MR) is 77.7 cm³/mol. The van der Waals surface area contributed by atoms with Gasteiger partial charge in [-0.1, -0.05) is 6.07 Å². The van der Waals surface area contributed by atoms with Gasteiger partial charge in [0.25, 0.3) is 0 Å². The SMILES string of the molecule is CN(C)c1cccc(NC(=O)Nc2cccs2)c1. The first-order valence-electron chi connectivity index (χ1n) is 5.54. The van der Waals surface area contributed by atoms with Gasteiger partial charge in [-0.25, -0.2) is 4.79 Å². The van der Waals surface area contributed by atoms with Crippen LogP contribution in [0.4, 0.5) is 21.2 Å². The molecule has 0 saturated heterocycles. The van der Waals surface area contributed by atoms with Gasteiger partial charge in [-0.2, -0.15) is 0 Å². The van der Waals surface area contributed by atoms with Crippen LogP contribution in [-0.4, -0.2) is 20.1 Å². The molecule has 0 saturated carbocycles. The minimum absolute atomic E-state index is 0.228. The maximum absolute atomic E-state index is 11.7. The molecule has 0 fully saturated rings. The number of hydrogen-bond acceptors (Lipinski definition) is 3. The highest BCUT2D eigenvalue weighted by molar-refractivity contribution is 7.14. The van der Waals surface area contributed by atoms with Crippen molar-refractivity contribution in [1.29, 1.82) is 0 Å². The lowest BCUT2D eigenvalue weighted by molar-refractivity contribution is 0.262. The molecule has 0 bridgehead atoms. The molecule has 1 aromatic carbocycles. The number of nitrogens with one attached hydrogen (secondary N) is 2. The van der Waals surface area contributed by atoms with Gasteiger partial charge in [-0.15, -0.1) is 11.3 Å². The highest BCUT2D eigenvalue weighted by Crippen LogP contribution is 2.18. The Morgan fingerprint density at radius 1 is 1.17 bits per heavy atom. The van der Waals surface area contributed by atoms with Crippen LogP contribution in [0.5, 0.6) is 0 Å². The van der Waals surface area contributed by atoms with Gasteiger partial charge in [-0.3, -0.25) is 5.32 Å². The van der Waals surface area contributed by atoms with Crippen molar-refractivity contribution in [3.05, 3.63) is 41.8 Å². The Kier molecular flexibility index (Phi) is 3.84. The second-order valence-electron chi connectivity index (χ2n) is 4.00. The maximum Gasteiger partial charge on any atom is 0.324 e. The third-order valence-corrected chi connectivity index (χ3v) is 3.16. The Labute approximate surface area is 110 Å². The largest absolute Gasteiger partial charge is 0.378 e. The molecule has 1 aromatic heterocycles. The summed E-state index contributed by atoms with van der Waals surface area (Å²) >= 11 is 1.49. The fourth-order valence-corrected chi connectivity index (χ4v) is 2.10. The molecule has 0 radical (unpaired) electrons. The van der Waals surface area contributed by atoms with E-state index in [1.807, 2.05) is 60.8 Å². The van der Waals surface area contributed by atoms with E-state index in [1.165, 1.54) is 11.3 Å². The molecular weight excluding hydrogens is 246 g/mol. The molecule has 94 valence electrons. The van der Waals surface area contributed by atoms with E-state index in [2.05, 4.69) is 10.6 Å². The molecule has 2 amide bonds. The first-order chi connectivity index (χ1) is 8.65. The van der Waals surface area contributed by atoms with Crippen molar-refractivity contribution in [2.45, 2.75) is 0 Å². The number of thiophene rings is 1. The maximum atomic E-state index is 11.7. The zero-order chi connectivity index (χ0) is 13.0. The number of benzene rings is 1. The van der Waals surface area contributed by atoms with Gasteiger partial charge in [0.2, 0.25) is 0 Å². The van der Waals surface area contributed by atoms with E-state index in [9.17, 15) is 4.79 Å². The van der Waals surface area contributed by atoms with Crippen molar-refractivity contribution in [3.63, 3.8) is 0 Å². The van der Waals surface area contributed by atoms with Gasteiger partial charge < -0.3 is 10.2 Å². The summed E-state index contributed by atoms with van der Waals surface area (Å²) in [7, 11) is 3.93. The Morgan fingerprint density at radius 3 is 2.67 bits per heavy atom. The van der Waals surface area contributed by atoms with E-state index < -0.39 is 0 Å². The first kappa shape index (κ1) is 12.4. The summed E-state index contributed by atoms with van der Waals surface area (Å²) in [6.07, 6.45) is 0. The van der Waals surface area contributed by atoms with Crippen molar-refractivity contribution >= 4 is 33.7 Å². The standard InChI is InChI=1S/C13H15N3OS/c1-16(2)11-6-3-5-10(9-11)14-13(17)15-12-7-4-8-18-12/h3-9H,1-2H3,(H2,14,15,17). The number of carbonyl (C=O) groups excluding carboxylic acids is 1. The summed E-state index contributed by atoms with van der Waals surface area (Å²) in [5.74, 6) is 0. The van der Waals surface area contributed by atoms with Gasteiger partial charge in [0.1, 0.15) is 0 Å². The molecule has 0 aliphatic heterocycles. The highest BCUT2D eigenvalue weighted by atomic mass is 32.1. The Hall–Kier alpha value is -2.01. The van der Waals surface area contributed by atoms with E-state index in [1.54, 1.807) is 0 Å². The van der Waals surface area contributed by atoms with E-state index in [-0.39, 0.29) is 6.03 Å². The van der Waals surface area contributed by atoms with Crippen molar-refractivity contribution in [2.24, 2.45) is 0 Å². The van der Waals surface area contributed by atoms with Crippen molar-refractivity contribution in [3.8, 4) is 0 Å². The Bertz CT molecular complexity index is 523. The molecule has 2 N–H and O–H groups in total. The number of rotatable bonds is 3. The van der Waals surface area contributed by atoms with Crippen molar-refractivity contribution in [2.75, 3.05) is 29.6 Å². The number of carbonyl (C=O) groups is 1. The summed E-state index contributed by atoms with van der Waals surface area (Å²) in [5, 5.41) is 8.33. The molecule has 4 nitrogen and oxygen atoms in total. The molecule has 18 heavy (non-hydrogen) atoms. The lowest BCUT2D eigenvalue weighted by Gasteiger charge is -2.14. The average molecular weight is 261 g/mol. The van der Waals surface area contributed by atoms with Crippen LogP contribution in [0, 0.1) is 0 Å². The minimum atomic E-state index is -0.228. The molecule has 0 aliphatic rings. The van der Waals surface area contributed by atoms with Gasteiger partial charge in [0.15, 0.2) is 0 Å². The van der Waals surface area contributed by atoms with E-state index >= 15 is 0 Å².